The molecule has 0 N–H and O–H groups in total. The molecule has 21 heavy (non-hydrogen) atoms. The van der Waals surface area contributed by atoms with E-state index in [1.807, 2.05) is 57.8 Å². The van der Waals surface area contributed by atoms with Crippen LogP contribution >= 0.6 is 0 Å². The van der Waals surface area contributed by atoms with Gasteiger partial charge in [-0.2, -0.15) is 0 Å². The summed E-state index contributed by atoms with van der Waals surface area (Å²) in [5, 5.41) is 0. The Kier molecular flexibility index (Phi) is 7.62. The summed E-state index contributed by atoms with van der Waals surface area (Å²) >= 11 is 0. The van der Waals surface area contributed by atoms with Crippen LogP contribution in [0.2, 0.25) is 0 Å². The second-order valence-corrected chi connectivity index (χ2v) is 4.66. The van der Waals surface area contributed by atoms with Gasteiger partial charge in [0.1, 0.15) is 0 Å². The quantitative estimate of drug-likeness (QED) is 0.550. The molecule has 0 unspecified atom stereocenters. The van der Waals surface area contributed by atoms with E-state index in [9.17, 15) is 9.59 Å². The SMILES string of the molecule is CC1=CC(=O)C([C]2[CH][CH][CH][CH]2)=C(C)C1=O.[CH]1[CH][CH][CH][CH]1.[Fe+2]. The van der Waals surface area contributed by atoms with Gasteiger partial charge in [0.25, 0.3) is 0 Å². The average molecular weight is 320 g/mol. The summed E-state index contributed by atoms with van der Waals surface area (Å²) in [4.78, 5) is 23.5. The summed E-state index contributed by atoms with van der Waals surface area (Å²) in [6.07, 6.45) is 18.8. The van der Waals surface area contributed by atoms with Gasteiger partial charge in [-0.1, -0.05) is 0 Å². The van der Waals surface area contributed by atoms with Crippen LogP contribution in [0.5, 0.6) is 0 Å². The molecule has 0 atom stereocenters. The molecule has 0 aromatic heterocycles. The van der Waals surface area contributed by atoms with E-state index in [4.69, 9.17) is 0 Å². The second-order valence-electron chi connectivity index (χ2n) is 4.66. The molecular weight excluding hydrogens is 304 g/mol. The fourth-order valence-corrected chi connectivity index (χ4v) is 2.15. The van der Waals surface area contributed by atoms with Gasteiger partial charge >= 0.3 is 17.1 Å². The minimum absolute atomic E-state index is 0. The van der Waals surface area contributed by atoms with E-state index in [1.165, 1.54) is 6.08 Å². The zero-order valence-corrected chi connectivity index (χ0v) is 13.0. The van der Waals surface area contributed by atoms with Crippen LogP contribution in [0, 0.1) is 63.7 Å². The predicted molar refractivity (Wildman–Crippen MR) is 78.4 cm³/mol. The van der Waals surface area contributed by atoms with Crippen LogP contribution in [0.25, 0.3) is 0 Å². The van der Waals surface area contributed by atoms with Crippen LogP contribution in [-0.2, 0) is 26.7 Å². The van der Waals surface area contributed by atoms with E-state index in [2.05, 4.69) is 0 Å². The van der Waals surface area contributed by atoms with Crippen molar-refractivity contribution < 1.29 is 26.7 Å². The second kappa shape index (κ2) is 8.70. The van der Waals surface area contributed by atoms with E-state index in [-0.39, 0.29) is 28.6 Å². The molecule has 0 aromatic carbocycles. The van der Waals surface area contributed by atoms with Gasteiger partial charge in [0.2, 0.25) is 0 Å². The molecule has 2 fully saturated rings. The van der Waals surface area contributed by atoms with Crippen LogP contribution in [0.4, 0.5) is 0 Å². The number of carbonyl (C=O) groups excluding carboxylic acids is 2. The van der Waals surface area contributed by atoms with Crippen molar-refractivity contribution in [3.8, 4) is 0 Å². The Hall–Kier alpha value is -0.661. The molecule has 2 nitrogen and oxygen atoms in total. The van der Waals surface area contributed by atoms with E-state index in [0.29, 0.717) is 16.7 Å². The average Bonchev–Trinajstić information content (AvgIpc) is 3.11. The van der Waals surface area contributed by atoms with Crippen molar-refractivity contribution in [2.75, 3.05) is 0 Å². The van der Waals surface area contributed by atoms with Gasteiger partial charge in [-0.05, 0) is 77.7 Å². The normalized spacial score (nSPS) is 22.7. The fraction of sp³-hybridized carbons (Fsp3) is 0.111. The van der Waals surface area contributed by atoms with Crippen molar-refractivity contribution in [1.29, 1.82) is 0 Å². The van der Waals surface area contributed by atoms with Gasteiger partial charge in [0, 0.05) is 22.6 Å². The summed E-state index contributed by atoms with van der Waals surface area (Å²) < 4.78 is 0. The smallest absolute Gasteiger partial charge is 0.290 e. The number of hydrogen-bond acceptors (Lipinski definition) is 2. The summed E-state index contributed by atoms with van der Waals surface area (Å²) in [6.45, 7) is 3.38. The number of ketones is 2. The zero-order valence-electron chi connectivity index (χ0n) is 11.9. The molecule has 3 aliphatic carbocycles. The standard InChI is InChI=1S/C13H11O2.C5H5.Fe/c1-8-7-11(14)12(9(2)13(8)15)10-5-3-4-6-10;1-2-4-5-3-1;/h3-7H,1-2H3;1-5H;/q;;+2. The molecule has 0 heterocycles. The van der Waals surface area contributed by atoms with Crippen LogP contribution < -0.4 is 0 Å². The molecular formula is C18H16FeO2+2. The largest absolute Gasteiger partial charge is 2.00 e. The predicted octanol–water partition coefficient (Wildman–Crippen LogP) is 2.83. The summed E-state index contributed by atoms with van der Waals surface area (Å²) in [5.74, 6) is 0.719. The topological polar surface area (TPSA) is 34.1 Å². The molecule has 0 bridgehead atoms. The number of carbonyl (C=O) groups is 2. The van der Waals surface area contributed by atoms with Crippen LogP contribution in [-0.4, -0.2) is 11.6 Å². The molecule has 0 amide bonds. The van der Waals surface area contributed by atoms with Gasteiger partial charge in [-0.25, -0.2) is 0 Å². The monoisotopic (exact) mass is 320 g/mol. The first-order valence-corrected chi connectivity index (χ1v) is 6.48. The molecule has 0 aliphatic heterocycles. The maximum Gasteiger partial charge on any atom is 2.00 e. The van der Waals surface area contributed by atoms with Crippen molar-refractivity contribution in [1.82, 2.24) is 0 Å². The van der Waals surface area contributed by atoms with Gasteiger partial charge in [0.05, 0.1) is 0 Å². The number of allylic oxidation sites excluding steroid dienone is 4. The van der Waals surface area contributed by atoms with Crippen molar-refractivity contribution in [2.24, 2.45) is 0 Å². The maximum atomic E-state index is 11.8. The molecule has 0 saturated heterocycles. The van der Waals surface area contributed by atoms with Gasteiger partial charge in [0.15, 0.2) is 11.6 Å². The Morgan fingerprint density at radius 3 is 1.71 bits per heavy atom. The maximum absolute atomic E-state index is 11.8. The fourth-order valence-electron chi connectivity index (χ4n) is 2.15. The minimum atomic E-state index is -0.0733. The summed E-state index contributed by atoms with van der Waals surface area (Å²) in [5.41, 5.74) is 1.61. The number of Topliss-reactive ketones (excluding diaryl/α,β-unsaturated/α-hetero) is 1. The Labute approximate surface area is 138 Å². The molecule has 106 valence electrons. The van der Waals surface area contributed by atoms with Crippen LogP contribution in [0.1, 0.15) is 13.8 Å². The van der Waals surface area contributed by atoms with Gasteiger partial charge < -0.3 is 0 Å². The molecule has 0 spiro atoms. The van der Waals surface area contributed by atoms with Crippen molar-refractivity contribution in [3.05, 3.63) is 86.5 Å². The molecule has 3 heteroatoms. The third-order valence-corrected chi connectivity index (χ3v) is 3.17. The Bertz CT molecular complexity index is 442. The number of hydrogen-bond donors (Lipinski definition) is 0. The Balaban J connectivity index is 0.000000313. The Morgan fingerprint density at radius 2 is 1.24 bits per heavy atom. The first kappa shape index (κ1) is 18.4. The van der Waals surface area contributed by atoms with Crippen molar-refractivity contribution in [2.45, 2.75) is 13.8 Å². The van der Waals surface area contributed by atoms with Crippen molar-refractivity contribution >= 4 is 11.6 Å². The van der Waals surface area contributed by atoms with E-state index >= 15 is 0 Å². The molecule has 3 rings (SSSR count). The first-order valence-electron chi connectivity index (χ1n) is 6.48. The Morgan fingerprint density at radius 1 is 0.762 bits per heavy atom. The molecule has 0 aromatic rings. The third kappa shape index (κ3) is 4.66. The zero-order chi connectivity index (χ0) is 14.5. The first-order chi connectivity index (χ1) is 9.61. The van der Waals surface area contributed by atoms with Gasteiger partial charge in [-0.3, -0.25) is 9.59 Å². The van der Waals surface area contributed by atoms with Crippen molar-refractivity contribution in [3.63, 3.8) is 0 Å². The molecule has 10 radical (unpaired) electrons. The van der Waals surface area contributed by atoms with Crippen LogP contribution in [0.15, 0.2) is 22.8 Å². The molecule has 3 aliphatic rings. The summed E-state index contributed by atoms with van der Waals surface area (Å²) in [7, 11) is 0. The van der Waals surface area contributed by atoms with Crippen LogP contribution in [0.3, 0.4) is 0 Å². The van der Waals surface area contributed by atoms with E-state index < -0.39 is 0 Å². The van der Waals surface area contributed by atoms with Gasteiger partial charge in [-0.15, -0.1) is 0 Å². The third-order valence-electron chi connectivity index (χ3n) is 3.17. The molecule has 2 saturated carbocycles. The minimum Gasteiger partial charge on any atom is -0.290 e. The number of rotatable bonds is 1. The summed E-state index contributed by atoms with van der Waals surface area (Å²) in [6, 6.07) is 0. The van der Waals surface area contributed by atoms with E-state index in [0.717, 1.165) is 5.92 Å². The van der Waals surface area contributed by atoms with E-state index in [1.54, 1.807) is 13.8 Å².